The highest BCUT2D eigenvalue weighted by Gasteiger charge is 2.03. The number of nitrogens with zero attached hydrogens (tertiary/aromatic N) is 2. The standard InChI is InChI=1S/C17H22N2OS/c1-14-6-8-18-16(12-14)17-13-15(7-9-19-17)20-10-4-2-3-5-11-21/h6-9,12-13,21H,2-5,10-11H2,1H3. The van der Waals surface area contributed by atoms with Crippen molar-refractivity contribution in [2.45, 2.75) is 32.6 Å². The van der Waals surface area contributed by atoms with Gasteiger partial charge in [0, 0.05) is 18.5 Å². The second kappa shape index (κ2) is 8.67. The summed E-state index contributed by atoms with van der Waals surface area (Å²) in [7, 11) is 0. The van der Waals surface area contributed by atoms with E-state index >= 15 is 0 Å². The Kier molecular flexibility index (Phi) is 6.54. The Morgan fingerprint density at radius 3 is 2.43 bits per heavy atom. The maximum atomic E-state index is 5.79. The summed E-state index contributed by atoms with van der Waals surface area (Å²) in [5, 5.41) is 0. The van der Waals surface area contributed by atoms with E-state index in [-0.39, 0.29) is 0 Å². The molecule has 0 N–H and O–H groups in total. The van der Waals surface area contributed by atoms with E-state index < -0.39 is 0 Å². The molecule has 2 aromatic rings. The zero-order valence-corrected chi connectivity index (χ0v) is 13.4. The van der Waals surface area contributed by atoms with Gasteiger partial charge in [0.2, 0.25) is 0 Å². The summed E-state index contributed by atoms with van der Waals surface area (Å²) < 4.78 is 5.79. The average molecular weight is 302 g/mol. The smallest absolute Gasteiger partial charge is 0.123 e. The fourth-order valence-electron chi connectivity index (χ4n) is 2.07. The van der Waals surface area contributed by atoms with Crippen molar-refractivity contribution < 1.29 is 4.74 Å². The van der Waals surface area contributed by atoms with Crippen LogP contribution in [-0.2, 0) is 0 Å². The first kappa shape index (κ1) is 15.8. The van der Waals surface area contributed by atoms with E-state index in [1.165, 1.54) is 24.8 Å². The molecule has 0 unspecified atom stereocenters. The largest absolute Gasteiger partial charge is 0.493 e. The van der Waals surface area contributed by atoms with E-state index in [1.54, 1.807) is 12.4 Å². The Bertz CT molecular complexity index is 560. The Morgan fingerprint density at radius 2 is 1.67 bits per heavy atom. The third kappa shape index (κ3) is 5.38. The van der Waals surface area contributed by atoms with Gasteiger partial charge < -0.3 is 4.74 Å². The quantitative estimate of drug-likeness (QED) is 0.582. The molecule has 0 spiro atoms. The monoisotopic (exact) mass is 302 g/mol. The number of hydrogen-bond donors (Lipinski definition) is 1. The van der Waals surface area contributed by atoms with Gasteiger partial charge in [0.1, 0.15) is 5.75 Å². The minimum atomic E-state index is 0.747. The SMILES string of the molecule is Cc1ccnc(-c2cc(OCCCCCCS)ccn2)c1. The van der Waals surface area contributed by atoms with E-state index in [2.05, 4.69) is 29.5 Å². The molecule has 0 aromatic carbocycles. The summed E-state index contributed by atoms with van der Waals surface area (Å²) in [6.07, 6.45) is 8.26. The lowest BCUT2D eigenvalue weighted by Crippen LogP contribution is -1.98. The molecule has 4 heteroatoms. The van der Waals surface area contributed by atoms with Gasteiger partial charge in [0.05, 0.1) is 18.0 Å². The van der Waals surface area contributed by atoms with Crippen molar-refractivity contribution in [2.75, 3.05) is 12.4 Å². The van der Waals surface area contributed by atoms with E-state index in [0.29, 0.717) is 0 Å². The molecule has 0 saturated heterocycles. The minimum absolute atomic E-state index is 0.747. The predicted molar refractivity (Wildman–Crippen MR) is 90.0 cm³/mol. The van der Waals surface area contributed by atoms with Gasteiger partial charge in [-0.25, -0.2) is 0 Å². The highest BCUT2D eigenvalue weighted by molar-refractivity contribution is 7.80. The molecule has 0 fully saturated rings. The van der Waals surface area contributed by atoms with Crippen LogP contribution in [0, 0.1) is 6.92 Å². The topological polar surface area (TPSA) is 35.0 Å². The molecule has 2 heterocycles. The molecule has 2 aromatic heterocycles. The average Bonchev–Trinajstić information content (AvgIpc) is 2.51. The molecule has 2 rings (SSSR count). The second-order valence-corrected chi connectivity index (χ2v) is 5.53. The molecule has 0 atom stereocenters. The maximum Gasteiger partial charge on any atom is 0.123 e. The van der Waals surface area contributed by atoms with Gasteiger partial charge in [0.25, 0.3) is 0 Å². The Morgan fingerprint density at radius 1 is 0.952 bits per heavy atom. The summed E-state index contributed by atoms with van der Waals surface area (Å²) >= 11 is 4.21. The van der Waals surface area contributed by atoms with Crippen molar-refractivity contribution in [3.63, 3.8) is 0 Å². The van der Waals surface area contributed by atoms with Crippen LogP contribution >= 0.6 is 12.6 Å². The lowest BCUT2D eigenvalue weighted by molar-refractivity contribution is 0.305. The van der Waals surface area contributed by atoms with Gasteiger partial charge in [-0.3, -0.25) is 9.97 Å². The number of ether oxygens (including phenoxy) is 1. The van der Waals surface area contributed by atoms with E-state index in [1.807, 2.05) is 24.3 Å². The fraction of sp³-hybridized carbons (Fsp3) is 0.412. The Balaban J connectivity index is 1.89. The lowest BCUT2D eigenvalue weighted by atomic mass is 10.2. The van der Waals surface area contributed by atoms with Gasteiger partial charge >= 0.3 is 0 Å². The van der Waals surface area contributed by atoms with E-state index in [0.717, 1.165) is 35.9 Å². The third-order valence-corrected chi connectivity index (χ3v) is 3.55. The first-order valence-corrected chi connectivity index (χ1v) is 8.05. The van der Waals surface area contributed by atoms with Gasteiger partial charge in [-0.1, -0.05) is 12.8 Å². The highest BCUT2D eigenvalue weighted by Crippen LogP contribution is 2.20. The summed E-state index contributed by atoms with van der Waals surface area (Å²) in [5.74, 6) is 1.83. The highest BCUT2D eigenvalue weighted by atomic mass is 32.1. The molecule has 0 saturated carbocycles. The number of rotatable bonds is 8. The Hall–Kier alpha value is -1.55. The van der Waals surface area contributed by atoms with Crippen LogP contribution in [0.1, 0.15) is 31.2 Å². The van der Waals surface area contributed by atoms with Crippen molar-refractivity contribution in [2.24, 2.45) is 0 Å². The third-order valence-electron chi connectivity index (χ3n) is 3.23. The molecule has 0 radical (unpaired) electrons. The van der Waals surface area contributed by atoms with Crippen LogP contribution in [-0.4, -0.2) is 22.3 Å². The van der Waals surface area contributed by atoms with Crippen LogP contribution in [0.15, 0.2) is 36.7 Å². The molecule has 0 aliphatic rings. The maximum absolute atomic E-state index is 5.79. The van der Waals surface area contributed by atoms with Crippen LogP contribution in [0.25, 0.3) is 11.4 Å². The molecule has 3 nitrogen and oxygen atoms in total. The zero-order chi connectivity index (χ0) is 14.9. The molecule has 0 aliphatic heterocycles. The number of aryl methyl sites for hydroxylation is 1. The summed E-state index contributed by atoms with van der Waals surface area (Å²) in [6, 6.07) is 7.86. The molecular weight excluding hydrogens is 280 g/mol. The molecular formula is C17H22N2OS. The summed E-state index contributed by atoms with van der Waals surface area (Å²) in [5.41, 5.74) is 2.91. The van der Waals surface area contributed by atoms with Gasteiger partial charge in [0.15, 0.2) is 0 Å². The van der Waals surface area contributed by atoms with Crippen LogP contribution in [0.5, 0.6) is 5.75 Å². The van der Waals surface area contributed by atoms with Crippen LogP contribution < -0.4 is 4.74 Å². The van der Waals surface area contributed by atoms with Gasteiger partial charge in [-0.15, -0.1) is 0 Å². The predicted octanol–water partition coefficient (Wildman–Crippen LogP) is 4.32. The number of pyridine rings is 2. The second-order valence-electron chi connectivity index (χ2n) is 5.08. The normalized spacial score (nSPS) is 10.6. The number of thiol groups is 1. The first-order chi connectivity index (χ1) is 10.3. The van der Waals surface area contributed by atoms with Crippen molar-refractivity contribution in [3.05, 3.63) is 42.2 Å². The number of hydrogen-bond acceptors (Lipinski definition) is 4. The molecule has 0 amide bonds. The minimum Gasteiger partial charge on any atom is -0.493 e. The van der Waals surface area contributed by atoms with Gasteiger partial charge in [-0.2, -0.15) is 12.6 Å². The lowest BCUT2D eigenvalue weighted by Gasteiger charge is -2.07. The zero-order valence-electron chi connectivity index (χ0n) is 12.5. The molecule has 0 bridgehead atoms. The van der Waals surface area contributed by atoms with Gasteiger partial charge in [-0.05, 0) is 49.3 Å². The molecule has 0 aliphatic carbocycles. The first-order valence-electron chi connectivity index (χ1n) is 7.42. The number of aromatic nitrogens is 2. The van der Waals surface area contributed by atoms with E-state index in [9.17, 15) is 0 Å². The van der Waals surface area contributed by atoms with E-state index in [4.69, 9.17) is 4.74 Å². The van der Waals surface area contributed by atoms with Crippen molar-refractivity contribution in [1.29, 1.82) is 0 Å². The number of unbranched alkanes of at least 4 members (excludes halogenated alkanes) is 3. The van der Waals surface area contributed by atoms with Crippen LogP contribution in [0.3, 0.4) is 0 Å². The summed E-state index contributed by atoms with van der Waals surface area (Å²) in [6.45, 7) is 2.80. The summed E-state index contributed by atoms with van der Waals surface area (Å²) in [4.78, 5) is 8.72. The van der Waals surface area contributed by atoms with Crippen molar-refractivity contribution in [3.8, 4) is 17.1 Å². The molecule has 21 heavy (non-hydrogen) atoms. The van der Waals surface area contributed by atoms with Crippen molar-refractivity contribution in [1.82, 2.24) is 9.97 Å². The molecule has 112 valence electrons. The van der Waals surface area contributed by atoms with Crippen LogP contribution in [0.4, 0.5) is 0 Å². The van der Waals surface area contributed by atoms with Crippen LogP contribution in [0.2, 0.25) is 0 Å². The van der Waals surface area contributed by atoms with Crippen molar-refractivity contribution >= 4 is 12.6 Å². The Labute approximate surface area is 132 Å². The fourth-order valence-corrected chi connectivity index (χ4v) is 2.30.